The van der Waals surface area contributed by atoms with Crippen LogP contribution in [0.3, 0.4) is 0 Å². The number of aryl methyl sites for hydroxylation is 3. The minimum absolute atomic E-state index is 0.106. The molecular weight excluding hydrogens is 375 g/mol. The highest BCUT2D eigenvalue weighted by molar-refractivity contribution is 5.85. The Morgan fingerprint density at radius 1 is 1.03 bits per heavy atom. The van der Waals surface area contributed by atoms with E-state index in [4.69, 9.17) is 14.7 Å². The van der Waals surface area contributed by atoms with Gasteiger partial charge in [-0.15, -0.1) is 0 Å². The maximum Gasteiger partial charge on any atom is 0.229 e. The number of aromatic nitrogens is 6. The van der Waals surface area contributed by atoms with Crippen molar-refractivity contribution in [2.24, 2.45) is 7.05 Å². The van der Waals surface area contributed by atoms with Gasteiger partial charge in [0, 0.05) is 25.4 Å². The van der Waals surface area contributed by atoms with E-state index >= 15 is 0 Å². The van der Waals surface area contributed by atoms with E-state index in [1.54, 1.807) is 4.68 Å². The van der Waals surface area contributed by atoms with Gasteiger partial charge in [0.05, 0.1) is 43.8 Å². The Bertz CT molecular complexity index is 1060. The smallest absolute Gasteiger partial charge is 0.229 e. The van der Waals surface area contributed by atoms with Gasteiger partial charge in [0.2, 0.25) is 5.95 Å². The van der Waals surface area contributed by atoms with Gasteiger partial charge in [-0.2, -0.15) is 15.1 Å². The molecule has 29 heavy (non-hydrogen) atoms. The van der Waals surface area contributed by atoms with Crippen LogP contribution in [-0.4, -0.2) is 68.7 Å². The molecule has 10 heteroatoms. The molecule has 2 saturated heterocycles. The molecule has 5 rings (SSSR count). The third kappa shape index (κ3) is 3.27. The van der Waals surface area contributed by atoms with Gasteiger partial charge in [0.25, 0.3) is 0 Å². The number of halogens is 1. The second-order valence-corrected chi connectivity index (χ2v) is 7.67. The van der Waals surface area contributed by atoms with Gasteiger partial charge in [0.1, 0.15) is 12.3 Å². The molecule has 0 saturated carbocycles. The summed E-state index contributed by atoms with van der Waals surface area (Å²) in [5.41, 5.74) is 3.85. The molecule has 9 nitrogen and oxygen atoms in total. The van der Waals surface area contributed by atoms with Crippen LogP contribution >= 0.6 is 0 Å². The summed E-state index contributed by atoms with van der Waals surface area (Å²) >= 11 is 0. The summed E-state index contributed by atoms with van der Waals surface area (Å²) in [4.78, 5) is 22.7. The molecule has 0 amide bonds. The molecule has 1 atom stereocenters. The summed E-state index contributed by atoms with van der Waals surface area (Å²) in [6, 6.07) is 0. The second-order valence-electron chi connectivity index (χ2n) is 7.67. The van der Waals surface area contributed by atoms with Crippen LogP contribution in [0.5, 0.6) is 0 Å². The highest BCUT2D eigenvalue weighted by Crippen LogP contribution is 2.31. The zero-order valence-electron chi connectivity index (χ0n) is 16.7. The van der Waals surface area contributed by atoms with Crippen LogP contribution in [0.1, 0.15) is 23.1 Å². The first-order valence-electron chi connectivity index (χ1n) is 9.75. The lowest BCUT2D eigenvalue weighted by Gasteiger charge is -2.37. The lowest BCUT2D eigenvalue weighted by Crippen LogP contribution is -2.49. The van der Waals surface area contributed by atoms with Gasteiger partial charge in [-0.3, -0.25) is 4.68 Å². The zero-order valence-corrected chi connectivity index (χ0v) is 16.7. The minimum atomic E-state index is -0.832. The maximum absolute atomic E-state index is 13.5. The fraction of sp³-hybridized carbons (Fsp3) is 0.526. The van der Waals surface area contributed by atoms with Crippen LogP contribution in [0, 0.1) is 13.8 Å². The summed E-state index contributed by atoms with van der Waals surface area (Å²) in [7, 11) is 1.89. The molecule has 0 spiro atoms. The number of rotatable bonds is 3. The Kier molecular flexibility index (Phi) is 4.30. The van der Waals surface area contributed by atoms with Crippen molar-refractivity contribution in [2.75, 3.05) is 42.6 Å². The first-order chi connectivity index (χ1) is 14.0. The molecule has 3 aromatic heterocycles. The third-order valence-corrected chi connectivity index (χ3v) is 5.49. The number of nitrogens with zero attached hydrogens (tertiary/aromatic N) is 8. The molecule has 152 valence electrons. The monoisotopic (exact) mass is 398 g/mol. The van der Waals surface area contributed by atoms with E-state index in [0.717, 1.165) is 17.0 Å². The van der Waals surface area contributed by atoms with E-state index in [2.05, 4.69) is 20.0 Å². The van der Waals surface area contributed by atoms with Crippen molar-refractivity contribution in [2.45, 2.75) is 26.1 Å². The van der Waals surface area contributed by atoms with Crippen molar-refractivity contribution in [3.8, 4) is 0 Å². The molecule has 2 aliphatic heterocycles. The van der Waals surface area contributed by atoms with Crippen LogP contribution in [0.15, 0.2) is 12.4 Å². The Morgan fingerprint density at radius 3 is 2.55 bits per heavy atom. The van der Waals surface area contributed by atoms with E-state index < -0.39 is 6.17 Å². The van der Waals surface area contributed by atoms with Crippen LogP contribution < -0.4 is 9.80 Å². The van der Waals surface area contributed by atoms with Crippen molar-refractivity contribution < 1.29 is 9.13 Å². The molecule has 2 fully saturated rings. The molecule has 0 aromatic carbocycles. The average Bonchev–Trinajstić information content (AvgIpc) is 3.12. The molecule has 2 aliphatic rings. The quantitative estimate of drug-likeness (QED) is 0.656. The topological polar surface area (TPSA) is 85.1 Å². The minimum Gasteiger partial charge on any atom is -0.370 e. The number of anilines is 2. The van der Waals surface area contributed by atoms with Gasteiger partial charge < -0.3 is 14.5 Å². The van der Waals surface area contributed by atoms with E-state index in [9.17, 15) is 4.39 Å². The number of ether oxygens (including phenoxy) is 1. The maximum atomic E-state index is 13.5. The summed E-state index contributed by atoms with van der Waals surface area (Å²) in [5.74, 6) is 1.23. The van der Waals surface area contributed by atoms with Crippen LogP contribution in [-0.2, 0) is 11.8 Å². The summed E-state index contributed by atoms with van der Waals surface area (Å²) < 4.78 is 21.2. The highest BCUT2D eigenvalue weighted by Gasteiger charge is 2.32. The lowest BCUT2D eigenvalue weighted by atomic mass is 10.1. The van der Waals surface area contributed by atoms with Crippen molar-refractivity contribution >= 4 is 22.9 Å². The molecule has 5 heterocycles. The Morgan fingerprint density at radius 2 is 1.83 bits per heavy atom. The molecule has 3 aromatic rings. The van der Waals surface area contributed by atoms with E-state index in [-0.39, 0.29) is 6.10 Å². The SMILES string of the molecule is Cc1nc2nc(N3CCO[C@@H](c4cnn(C)c4)C3)nc(N3CC(F)C3)c2nc1C. The number of morpholine rings is 1. The Balaban J connectivity index is 1.53. The first kappa shape index (κ1) is 18.2. The fourth-order valence-corrected chi connectivity index (χ4v) is 3.69. The number of alkyl halides is 1. The summed E-state index contributed by atoms with van der Waals surface area (Å²) in [5, 5.41) is 4.24. The van der Waals surface area contributed by atoms with E-state index in [1.165, 1.54) is 0 Å². The number of hydrogen-bond donors (Lipinski definition) is 0. The molecule has 0 aliphatic carbocycles. The Hall–Kier alpha value is -2.88. The molecule has 0 N–H and O–H groups in total. The predicted molar refractivity (Wildman–Crippen MR) is 106 cm³/mol. The lowest BCUT2D eigenvalue weighted by molar-refractivity contribution is 0.0392. The molecule has 0 unspecified atom stereocenters. The van der Waals surface area contributed by atoms with Crippen LogP contribution in [0.4, 0.5) is 16.2 Å². The first-order valence-corrected chi connectivity index (χ1v) is 9.75. The summed E-state index contributed by atoms with van der Waals surface area (Å²) in [6.07, 6.45) is 2.84. The van der Waals surface area contributed by atoms with Gasteiger partial charge in [-0.1, -0.05) is 0 Å². The van der Waals surface area contributed by atoms with Crippen LogP contribution in [0.25, 0.3) is 11.2 Å². The Labute approximate surface area is 167 Å². The third-order valence-electron chi connectivity index (χ3n) is 5.49. The molecule has 0 radical (unpaired) electrons. The predicted octanol–water partition coefficient (Wildman–Crippen LogP) is 1.51. The average molecular weight is 398 g/mol. The number of hydrogen-bond acceptors (Lipinski definition) is 8. The van der Waals surface area contributed by atoms with Crippen molar-refractivity contribution in [3.05, 3.63) is 29.3 Å². The largest absolute Gasteiger partial charge is 0.370 e. The van der Waals surface area contributed by atoms with Gasteiger partial charge >= 0.3 is 0 Å². The molecular formula is C19H23FN8O. The molecule has 0 bridgehead atoms. The van der Waals surface area contributed by atoms with Gasteiger partial charge in [0.15, 0.2) is 17.0 Å². The van der Waals surface area contributed by atoms with Gasteiger partial charge in [-0.05, 0) is 13.8 Å². The van der Waals surface area contributed by atoms with Gasteiger partial charge in [-0.25, -0.2) is 14.4 Å². The van der Waals surface area contributed by atoms with E-state index in [0.29, 0.717) is 55.7 Å². The zero-order chi connectivity index (χ0) is 20.1. The second kappa shape index (κ2) is 6.87. The fourth-order valence-electron chi connectivity index (χ4n) is 3.69. The van der Waals surface area contributed by atoms with E-state index in [1.807, 2.05) is 38.2 Å². The van der Waals surface area contributed by atoms with Crippen molar-refractivity contribution in [1.29, 1.82) is 0 Å². The highest BCUT2D eigenvalue weighted by atomic mass is 19.1. The number of fused-ring (bicyclic) bond motifs is 1. The summed E-state index contributed by atoms with van der Waals surface area (Å²) in [6.45, 7) is 6.31. The van der Waals surface area contributed by atoms with Crippen molar-refractivity contribution in [1.82, 2.24) is 29.7 Å². The van der Waals surface area contributed by atoms with Crippen molar-refractivity contribution in [3.63, 3.8) is 0 Å². The standard InChI is InChI=1S/C19H23FN8O/c1-11-12(2)23-17-16(22-11)18(28-8-14(20)9-28)25-19(24-17)27-4-5-29-15(10-27)13-6-21-26(3)7-13/h6-7,14-15H,4-5,8-10H2,1-3H3/t15-/m1/s1. The normalized spacial score (nSPS) is 20.3. The van der Waals surface area contributed by atoms with Crippen LogP contribution in [0.2, 0.25) is 0 Å².